The number of hydrogen-bond donors (Lipinski definition) is 1. The van der Waals surface area contributed by atoms with Crippen LogP contribution < -0.4 is 5.56 Å². The summed E-state index contributed by atoms with van der Waals surface area (Å²) in [6, 6.07) is 2.96. The highest BCUT2D eigenvalue weighted by Gasteiger charge is 2.24. The van der Waals surface area contributed by atoms with Crippen molar-refractivity contribution in [3.05, 3.63) is 34.2 Å². The summed E-state index contributed by atoms with van der Waals surface area (Å²) < 4.78 is 5.44. The van der Waals surface area contributed by atoms with Gasteiger partial charge < -0.3 is 14.6 Å². The quantitative estimate of drug-likeness (QED) is 0.890. The molecule has 1 unspecified atom stereocenters. The van der Waals surface area contributed by atoms with Crippen LogP contribution in [0.5, 0.6) is 0 Å². The number of likely N-dealkylation sites (tertiary alicyclic amines) is 1. The standard InChI is InChI=1S/C14H20N2O3/c1-2-19-10-11-4-3-7-16(9-11)14(18)12-5-6-13(17)15-8-12/h5-6,8,11H,2-4,7,9-10H2,1H3,(H,15,17). The number of aromatic nitrogens is 1. The number of rotatable bonds is 4. The molecule has 0 radical (unpaired) electrons. The van der Waals surface area contributed by atoms with Crippen molar-refractivity contribution in [2.75, 3.05) is 26.3 Å². The van der Waals surface area contributed by atoms with Crippen LogP contribution in [0.3, 0.4) is 0 Å². The van der Waals surface area contributed by atoms with E-state index in [2.05, 4.69) is 4.98 Å². The van der Waals surface area contributed by atoms with Crippen LogP contribution in [0.2, 0.25) is 0 Å². The molecule has 1 atom stereocenters. The van der Waals surface area contributed by atoms with E-state index in [0.29, 0.717) is 24.7 Å². The van der Waals surface area contributed by atoms with E-state index in [1.54, 1.807) is 6.07 Å². The third-order valence-electron chi connectivity index (χ3n) is 3.40. The Bertz CT molecular complexity index is 463. The normalized spacial score (nSPS) is 19.4. The highest BCUT2D eigenvalue weighted by atomic mass is 16.5. The predicted octanol–water partition coefficient (Wildman–Crippen LogP) is 1.26. The Morgan fingerprint density at radius 2 is 2.37 bits per heavy atom. The number of amides is 1. The van der Waals surface area contributed by atoms with Gasteiger partial charge >= 0.3 is 0 Å². The monoisotopic (exact) mass is 264 g/mol. The lowest BCUT2D eigenvalue weighted by Gasteiger charge is -2.32. The van der Waals surface area contributed by atoms with Gasteiger partial charge in [-0.3, -0.25) is 9.59 Å². The fourth-order valence-electron chi connectivity index (χ4n) is 2.40. The number of pyridine rings is 1. The van der Waals surface area contributed by atoms with E-state index in [1.807, 2.05) is 11.8 Å². The van der Waals surface area contributed by atoms with Crippen molar-refractivity contribution in [3.63, 3.8) is 0 Å². The molecule has 1 aromatic rings. The molecule has 1 aliphatic rings. The largest absolute Gasteiger partial charge is 0.381 e. The van der Waals surface area contributed by atoms with Gasteiger partial charge in [-0.05, 0) is 31.7 Å². The summed E-state index contributed by atoms with van der Waals surface area (Å²) in [6.45, 7) is 4.92. The van der Waals surface area contributed by atoms with Crippen LogP contribution in [0.15, 0.2) is 23.1 Å². The number of hydrogen-bond acceptors (Lipinski definition) is 3. The van der Waals surface area contributed by atoms with Crippen LogP contribution in [0, 0.1) is 5.92 Å². The maximum absolute atomic E-state index is 12.3. The van der Waals surface area contributed by atoms with E-state index < -0.39 is 0 Å². The topological polar surface area (TPSA) is 62.4 Å². The van der Waals surface area contributed by atoms with Crippen LogP contribution in [0.1, 0.15) is 30.1 Å². The summed E-state index contributed by atoms with van der Waals surface area (Å²) in [4.78, 5) is 27.7. The number of nitrogens with one attached hydrogen (secondary N) is 1. The van der Waals surface area contributed by atoms with Gasteiger partial charge in [0.15, 0.2) is 0 Å². The molecule has 2 rings (SSSR count). The molecule has 1 fully saturated rings. The number of nitrogens with zero attached hydrogens (tertiary/aromatic N) is 1. The highest BCUT2D eigenvalue weighted by molar-refractivity contribution is 5.93. The lowest BCUT2D eigenvalue weighted by atomic mass is 9.98. The van der Waals surface area contributed by atoms with Crippen LogP contribution >= 0.6 is 0 Å². The van der Waals surface area contributed by atoms with Crippen molar-refractivity contribution < 1.29 is 9.53 Å². The highest BCUT2D eigenvalue weighted by Crippen LogP contribution is 2.18. The summed E-state index contributed by atoms with van der Waals surface area (Å²) in [5.41, 5.74) is 0.348. The number of piperidine rings is 1. The number of carbonyl (C=O) groups is 1. The molecule has 0 spiro atoms. The molecule has 2 heterocycles. The van der Waals surface area contributed by atoms with E-state index in [9.17, 15) is 9.59 Å². The third-order valence-corrected chi connectivity index (χ3v) is 3.40. The van der Waals surface area contributed by atoms with Crippen LogP contribution in [-0.4, -0.2) is 42.1 Å². The maximum Gasteiger partial charge on any atom is 0.255 e. The average molecular weight is 264 g/mol. The molecule has 5 heteroatoms. The van der Waals surface area contributed by atoms with Gasteiger partial charge in [0.05, 0.1) is 12.2 Å². The molecule has 0 aliphatic carbocycles. The number of ether oxygens (including phenoxy) is 1. The van der Waals surface area contributed by atoms with Gasteiger partial charge in [0.1, 0.15) is 0 Å². The third kappa shape index (κ3) is 3.67. The molecule has 1 amide bonds. The minimum Gasteiger partial charge on any atom is -0.381 e. The smallest absolute Gasteiger partial charge is 0.255 e. The molecule has 5 nitrogen and oxygen atoms in total. The predicted molar refractivity (Wildman–Crippen MR) is 72.2 cm³/mol. The molecule has 104 valence electrons. The van der Waals surface area contributed by atoms with E-state index in [0.717, 1.165) is 25.9 Å². The SMILES string of the molecule is CCOCC1CCCN(C(=O)c2ccc(=O)[nH]c2)C1. The first-order chi connectivity index (χ1) is 9.20. The minimum atomic E-state index is -0.190. The van der Waals surface area contributed by atoms with Crippen LogP contribution in [-0.2, 0) is 4.74 Å². The van der Waals surface area contributed by atoms with E-state index >= 15 is 0 Å². The van der Waals surface area contributed by atoms with Gasteiger partial charge in [0, 0.05) is 32.0 Å². The van der Waals surface area contributed by atoms with Gasteiger partial charge in [-0.2, -0.15) is 0 Å². The van der Waals surface area contributed by atoms with E-state index in [4.69, 9.17) is 4.74 Å². The Kier molecular flexibility index (Phi) is 4.74. The summed E-state index contributed by atoms with van der Waals surface area (Å²) in [5, 5.41) is 0. The minimum absolute atomic E-state index is 0.0163. The van der Waals surface area contributed by atoms with Crippen molar-refractivity contribution >= 4 is 5.91 Å². The summed E-state index contributed by atoms with van der Waals surface area (Å²) in [5.74, 6) is 0.401. The second-order valence-electron chi connectivity index (χ2n) is 4.86. The number of carbonyl (C=O) groups excluding carboxylic acids is 1. The molecular weight excluding hydrogens is 244 g/mol. The van der Waals surface area contributed by atoms with Crippen molar-refractivity contribution in [1.82, 2.24) is 9.88 Å². The summed E-state index contributed by atoms with van der Waals surface area (Å²) in [7, 11) is 0. The molecule has 19 heavy (non-hydrogen) atoms. The van der Waals surface area contributed by atoms with Crippen molar-refractivity contribution in [1.29, 1.82) is 0 Å². The van der Waals surface area contributed by atoms with Gasteiger partial charge in [0.2, 0.25) is 5.56 Å². The Morgan fingerprint density at radius 1 is 1.53 bits per heavy atom. The molecule has 1 aliphatic heterocycles. The van der Waals surface area contributed by atoms with Crippen molar-refractivity contribution in [3.8, 4) is 0 Å². The van der Waals surface area contributed by atoms with Gasteiger partial charge in [-0.15, -0.1) is 0 Å². The number of H-pyrrole nitrogens is 1. The molecule has 1 saturated heterocycles. The van der Waals surface area contributed by atoms with Crippen LogP contribution in [0.25, 0.3) is 0 Å². The molecule has 0 aromatic carbocycles. The molecule has 0 saturated carbocycles. The first kappa shape index (κ1) is 13.8. The fraction of sp³-hybridized carbons (Fsp3) is 0.571. The Morgan fingerprint density at radius 3 is 3.05 bits per heavy atom. The Labute approximate surface area is 112 Å². The Balaban J connectivity index is 1.98. The first-order valence-corrected chi connectivity index (χ1v) is 6.76. The van der Waals surface area contributed by atoms with Crippen LogP contribution in [0.4, 0.5) is 0 Å². The zero-order chi connectivity index (χ0) is 13.7. The van der Waals surface area contributed by atoms with Gasteiger partial charge in [0.25, 0.3) is 5.91 Å². The zero-order valence-electron chi connectivity index (χ0n) is 11.2. The fourth-order valence-corrected chi connectivity index (χ4v) is 2.40. The molecule has 0 bridgehead atoms. The zero-order valence-corrected chi connectivity index (χ0v) is 11.2. The second kappa shape index (κ2) is 6.52. The maximum atomic E-state index is 12.3. The lowest BCUT2D eigenvalue weighted by molar-refractivity contribution is 0.0500. The summed E-state index contributed by atoms with van der Waals surface area (Å²) >= 11 is 0. The van der Waals surface area contributed by atoms with Crippen molar-refractivity contribution in [2.24, 2.45) is 5.92 Å². The summed E-state index contributed by atoms with van der Waals surface area (Å²) in [6.07, 6.45) is 3.60. The first-order valence-electron chi connectivity index (χ1n) is 6.76. The number of aromatic amines is 1. The molecular formula is C14H20N2O3. The van der Waals surface area contributed by atoms with E-state index in [1.165, 1.54) is 12.3 Å². The van der Waals surface area contributed by atoms with Gasteiger partial charge in [-0.25, -0.2) is 0 Å². The molecule has 1 N–H and O–H groups in total. The second-order valence-corrected chi connectivity index (χ2v) is 4.86. The lowest BCUT2D eigenvalue weighted by Crippen LogP contribution is -2.41. The van der Waals surface area contributed by atoms with Crippen molar-refractivity contribution in [2.45, 2.75) is 19.8 Å². The average Bonchev–Trinajstić information content (AvgIpc) is 2.45. The van der Waals surface area contributed by atoms with Gasteiger partial charge in [-0.1, -0.05) is 0 Å². The Hall–Kier alpha value is -1.62. The van der Waals surface area contributed by atoms with E-state index in [-0.39, 0.29) is 11.5 Å². The molecule has 1 aromatic heterocycles.